The number of aromatic nitrogens is 2. The molecule has 0 unspecified atom stereocenters. The highest BCUT2D eigenvalue weighted by molar-refractivity contribution is 5.78. The van der Waals surface area contributed by atoms with Gasteiger partial charge in [-0.2, -0.15) is 0 Å². The summed E-state index contributed by atoms with van der Waals surface area (Å²) in [5.74, 6) is 0.512. The van der Waals surface area contributed by atoms with Gasteiger partial charge in [-0.05, 0) is 18.1 Å². The second-order valence-corrected chi connectivity index (χ2v) is 4.08. The standard InChI is InChI=1S/C11H14FN3/c1-7(2)6-15-9-5-3-4-8(12)10(9)14-11(15)13/h3-5,7H,6H2,1-2H3,(H2,13,14). The number of rotatable bonds is 2. The van der Waals surface area contributed by atoms with E-state index in [0.717, 1.165) is 12.1 Å². The zero-order valence-corrected chi connectivity index (χ0v) is 8.87. The Kier molecular flexibility index (Phi) is 2.34. The van der Waals surface area contributed by atoms with E-state index in [9.17, 15) is 4.39 Å². The minimum atomic E-state index is -0.318. The quantitative estimate of drug-likeness (QED) is 0.821. The molecule has 80 valence electrons. The summed E-state index contributed by atoms with van der Waals surface area (Å²) in [5, 5.41) is 0. The molecule has 4 heteroatoms. The van der Waals surface area contributed by atoms with E-state index in [-0.39, 0.29) is 5.82 Å². The lowest BCUT2D eigenvalue weighted by atomic mass is 10.2. The Morgan fingerprint density at radius 3 is 2.87 bits per heavy atom. The molecule has 1 aromatic heterocycles. The number of nitrogens with zero attached hydrogens (tertiary/aromatic N) is 2. The van der Waals surface area contributed by atoms with Gasteiger partial charge in [-0.1, -0.05) is 19.9 Å². The van der Waals surface area contributed by atoms with E-state index in [0.29, 0.717) is 17.4 Å². The first-order valence-corrected chi connectivity index (χ1v) is 5.00. The molecule has 1 aromatic carbocycles. The number of fused-ring (bicyclic) bond motifs is 1. The van der Waals surface area contributed by atoms with Crippen LogP contribution in [0.4, 0.5) is 10.3 Å². The van der Waals surface area contributed by atoms with Crippen LogP contribution in [-0.4, -0.2) is 9.55 Å². The van der Waals surface area contributed by atoms with E-state index >= 15 is 0 Å². The lowest BCUT2D eigenvalue weighted by Crippen LogP contribution is -2.07. The summed E-state index contributed by atoms with van der Waals surface area (Å²) < 4.78 is 15.2. The zero-order chi connectivity index (χ0) is 11.0. The van der Waals surface area contributed by atoms with Crippen molar-refractivity contribution in [2.45, 2.75) is 20.4 Å². The fourth-order valence-corrected chi connectivity index (χ4v) is 1.69. The van der Waals surface area contributed by atoms with Gasteiger partial charge in [0.25, 0.3) is 0 Å². The highest BCUT2D eigenvalue weighted by atomic mass is 19.1. The number of benzene rings is 1. The normalized spacial score (nSPS) is 11.5. The van der Waals surface area contributed by atoms with Gasteiger partial charge in [-0.25, -0.2) is 9.37 Å². The molecular formula is C11H14FN3. The van der Waals surface area contributed by atoms with Crippen LogP contribution in [0.25, 0.3) is 11.0 Å². The van der Waals surface area contributed by atoms with E-state index in [1.807, 2.05) is 10.6 Å². The number of halogens is 1. The lowest BCUT2D eigenvalue weighted by molar-refractivity contribution is 0.537. The third-order valence-corrected chi connectivity index (χ3v) is 2.31. The van der Waals surface area contributed by atoms with Crippen LogP contribution < -0.4 is 5.73 Å². The van der Waals surface area contributed by atoms with E-state index in [2.05, 4.69) is 18.8 Å². The Hall–Kier alpha value is -1.58. The zero-order valence-electron chi connectivity index (χ0n) is 8.87. The van der Waals surface area contributed by atoms with Gasteiger partial charge < -0.3 is 10.3 Å². The minimum Gasteiger partial charge on any atom is -0.369 e. The fourth-order valence-electron chi connectivity index (χ4n) is 1.69. The van der Waals surface area contributed by atoms with Gasteiger partial charge in [0, 0.05) is 6.54 Å². The largest absolute Gasteiger partial charge is 0.369 e. The molecule has 0 aliphatic heterocycles. The number of para-hydroxylation sites is 1. The Labute approximate surface area is 87.7 Å². The van der Waals surface area contributed by atoms with Crippen molar-refractivity contribution >= 4 is 17.0 Å². The number of hydrogen-bond donors (Lipinski definition) is 1. The summed E-state index contributed by atoms with van der Waals surface area (Å²) in [6.07, 6.45) is 0. The Balaban J connectivity index is 2.63. The minimum absolute atomic E-state index is 0.318. The Bertz CT molecular complexity index is 488. The van der Waals surface area contributed by atoms with Crippen LogP contribution in [0.3, 0.4) is 0 Å². The molecule has 0 bridgehead atoms. The molecule has 0 amide bonds. The summed E-state index contributed by atoms with van der Waals surface area (Å²) in [7, 11) is 0. The van der Waals surface area contributed by atoms with Gasteiger partial charge >= 0.3 is 0 Å². The maximum atomic E-state index is 13.4. The molecule has 2 rings (SSSR count). The lowest BCUT2D eigenvalue weighted by Gasteiger charge is -2.08. The first-order chi connectivity index (χ1) is 7.09. The molecule has 0 aliphatic carbocycles. The molecule has 15 heavy (non-hydrogen) atoms. The monoisotopic (exact) mass is 207 g/mol. The summed E-state index contributed by atoms with van der Waals surface area (Å²) in [6, 6.07) is 4.91. The molecule has 0 radical (unpaired) electrons. The van der Waals surface area contributed by atoms with E-state index in [4.69, 9.17) is 5.73 Å². The van der Waals surface area contributed by atoms with Crippen LogP contribution in [0.2, 0.25) is 0 Å². The van der Waals surface area contributed by atoms with Crippen LogP contribution in [0.1, 0.15) is 13.8 Å². The molecule has 0 spiro atoms. The third-order valence-electron chi connectivity index (χ3n) is 2.31. The van der Waals surface area contributed by atoms with Gasteiger partial charge in [-0.15, -0.1) is 0 Å². The topological polar surface area (TPSA) is 43.8 Å². The van der Waals surface area contributed by atoms with E-state index in [1.165, 1.54) is 6.07 Å². The van der Waals surface area contributed by atoms with Crippen LogP contribution in [0.15, 0.2) is 18.2 Å². The van der Waals surface area contributed by atoms with Crippen molar-refractivity contribution in [3.63, 3.8) is 0 Å². The number of anilines is 1. The molecule has 3 nitrogen and oxygen atoms in total. The van der Waals surface area contributed by atoms with Crippen LogP contribution in [-0.2, 0) is 6.54 Å². The maximum absolute atomic E-state index is 13.4. The molecule has 2 aromatic rings. The highest BCUT2D eigenvalue weighted by Gasteiger charge is 2.11. The van der Waals surface area contributed by atoms with Crippen LogP contribution >= 0.6 is 0 Å². The first-order valence-electron chi connectivity index (χ1n) is 5.00. The summed E-state index contributed by atoms with van der Waals surface area (Å²) in [6.45, 7) is 4.93. The van der Waals surface area contributed by atoms with Crippen molar-refractivity contribution in [3.05, 3.63) is 24.0 Å². The van der Waals surface area contributed by atoms with Crippen molar-refractivity contribution < 1.29 is 4.39 Å². The molecule has 0 fully saturated rings. The van der Waals surface area contributed by atoms with E-state index < -0.39 is 0 Å². The van der Waals surface area contributed by atoms with Crippen LogP contribution in [0.5, 0.6) is 0 Å². The molecule has 1 heterocycles. The van der Waals surface area contributed by atoms with Gasteiger partial charge in [0.15, 0.2) is 5.82 Å². The second-order valence-electron chi connectivity index (χ2n) is 4.08. The van der Waals surface area contributed by atoms with Gasteiger partial charge in [-0.3, -0.25) is 0 Å². The van der Waals surface area contributed by atoms with Gasteiger partial charge in [0.05, 0.1) is 5.52 Å². The smallest absolute Gasteiger partial charge is 0.201 e. The van der Waals surface area contributed by atoms with Crippen molar-refractivity contribution in [3.8, 4) is 0 Å². The Morgan fingerprint density at radius 1 is 1.47 bits per heavy atom. The molecule has 0 saturated heterocycles. The Morgan fingerprint density at radius 2 is 2.20 bits per heavy atom. The summed E-state index contributed by atoms with van der Waals surface area (Å²) in [5.41, 5.74) is 6.88. The van der Waals surface area contributed by atoms with Crippen LogP contribution in [0, 0.1) is 11.7 Å². The first kappa shape index (κ1) is 9.96. The third kappa shape index (κ3) is 1.67. The fraction of sp³-hybridized carbons (Fsp3) is 0.364. The van der Waals surface area contributed by atoms with Crippen molar-refractivity contribution in [1.82, 2.24) is 9.55 Å². The average Bonchev–Trinajstić information content (AvgIpc) is 2.45. The van der Waals surface area contributed by atoms with Crippen molar-refractivity contribution in [2.24, 2.45) is 5.92 Å². The maximum Gasteiger partial charge on any atom is 0.201 e. The summed E-state index contributed by atoms with van der Waals surface area (Å²) >= 11 is 0. The second kappa shape index (κ2) is 3.53. The van der Waals surface area contributed by atoms with Crippen molar-refractivity contribution in [1.29, 1.82) is 0 Å². The molecule has 0 atom stereocenters. The van der Waals surface area contributed by atoms with Gasteiger partial charge in [0.2, 0.25) is 5.95 Å². The molecule has 0 saturated carbocycles. The number of hydrogen-bond acceptors (Lipinski definition) is 2. The number of nitrogen functional groups attached to an aromatic ring is 1. The molecular weight excluding hydrogens is 193 g/mol. The van der Waals surface area contributed by atoms with E-state index in [1.54, 1.807) is 6.07 Å². The molecule has 2 N–H and O–H groups in total. The van der Waals surface area contributed by atoms with Gasteiger partial charge in [0.1, 0.15) is 5.52 Å². The predicted octanol–water partition coefficient (Wildman–Crippen LogP) is 2.41. The average molecular weight is 207 g/mol. The number of nitrogens with two attached hydrogens (primary N) is 1. The van der Waals surface area contributed by atoms with Crippen molar-refractivity contribution in [2.75, 3.05) is 5.73 Å². The SMILES string of the molecule is CC(C)Cn1c(N)nc2c(F)cccc21. The molecule has 0 aliphatic rings. The summed E-state index contributed by atoms with van der Waals surface area (Å²) in [4.78, 5) is 4.03. The highest BCUT2D eigenvalue weighted by Crippen LogP contribution is 2.21. The predicted molar refractivity (Wildman–Crippen MR) is 58.9 cm³/mol. The number of imidazole rings is 1.